The fourth-order valence-electron chi connectivity index (χ4n) is 5.66. The summed E-state index contributed by atoms with van der Waals surface area (Å²) in [7, 11) is -4.41. The maximum Gasteiger partial charge on any atom is 0.472 e. The molecule has 0 rings (SSSR count). The molecule has 9 nitrogen and oxygen atoms in total. The van der Waals surface area contributed by atoms with Crippen molar-refractivity contribution in [3.63, 3.8) is 0 Å². The van der Waals surface area contributed by atoms with Crippen molar-refractivity contribution in [3.05, 3.63) is 24.3 Å². The van der Waals surface area contributed by atoms with E-state index in [0.29, 0.717) is 6.42 Å². The molecule has 0 aliphatic rings. The van der Waals surface area contributed by atoms with Crippen molar-refractivity contribution in [1.29, 1.82) is 0 Å². The summed E-state index contributed by atoms with van der Waals surface area (Å²) in [5.41, 5.74) is 0. The van der Waals surface area contributed by atoms with E-state index in [4.69, 9.17) is 13.8 Å². The molecule has 0 aromatic rings. The Balaban J connectivity index is 3.62. The fraction of sp³-hybridized carbons (Fsp3) is 0.854. The number of phosphoric acid groups is 1. The Kier molecular flexibility index (Phi) is 37.1. The summed E-state index contributed by atoms with van der Waals surface area (Å²) in [5.74, 6) is -0.531. The van der Waals surface area contributed by atoms with Gasteiger partial charge in [0.2, 0.25) is 5.91 Å². The second kappa shape index (κ2) is 38.2. The van der Waals surface area contributed by atoms with Gasteiger partial charge in [0.25, 0.3) is 0 Å². The number of hydrogen-bond acceptors (Lipinski definition) is 7. The summed E-state index contributed by atoms with van der Waals surface area (Å²) < 4.78 is 26.8. The number of ether oxygens (including phenoxy) is 1. The van der Waals surface area contributed by atoms with Crippen LogP contribution in [-0.4, -0.2) is 54.3 Å². The Hall–Kier alpha value is -1.51. The molecule has 51 heavy (non-hydrogen) atoms. The van der Waals surface area contributed by atoms with Gasteiger partial charge >= 0.3 is 13.8 Å². The fourth-order valence-corrected chi connectivity index (χ4v) is 6.42. The Bertz CT molecular complexity index is 897. The topological polar surface area (TPSA) is 131 Å². The normalized spacial score (nSPS) is 13.6. The Morgan fingerprint density at radius 3 is 1.47 bits per heavy atom. The van der Waals surface area contributed by atoms with Crippen LogP contribution in [0, 0.1) is 0 Å². The van der Waals surface area contributed by atoms with E-state index < -0.39 is 26.5 Å². The van der Waals surface area contributed by atoms with Gasteiger partial charge in [-0.15, -0.1) is 0 Å². The number of unbranched alkanes of at least 4 members (excludes halogenated alkanes) is 22. The number of aliphatic hydroxyl groups excluding tert-OH is 1. The average molecular weight is 744 g/mol. The summed E-state index contributed by atoms with van der Waals surface area (Å²) in [6.07, 6.45) is 39.6. The maximum absolute atomic E-state index is 12.1. The minimum absolute atomic E-state index is 0.0778. The van der Waals surface area contributed by atoms with Crippen LogP contribution in [0.4, 0.5) is 0 Å². The van der Waals surface area contributed by atoms with E-state index in [9.17, 15) is 24.2 Å². The number of allylic oxidation sites excluding steroid dienone is 4. The van der Waals surface area contributed by atoms with Crippen molar-refractivity contribution in [2.24, 2.45) is 0 Å². The molecular formula is C41H78NO8P. The maximum atomic E-state index is 12.1. The van der Waals surface area contributed by atoms with Crippen LogP contribution in [-0.2, 0) is 27.9 Å². The van der Waals surface area contributed by atoms with Crippen LogP contribution < -0.4 is 5.32 Å². The molecular weight excluding hydrogens is 665 g/mol. The van der Waals surface area contributed by atoms with Crippen LogP contribution in [0.3, 0.4) is 0 Å². The van der Waals surface area contributed by atoms with Crippen molar-refractivity contribution < 1.29 is 37.9 Å². The largest absolute Gasteiger partial charge is 0.472 e. The zero-order valence-corrected chi connectivity index (χ0v) is 33.7. The first-order chi connectivity index (χ1) is 24.8. The highest BCUT2D eigenvalue weighted by Gasteiger charge is 2.23. The van der Waals surface area contributed by atoms with Crippen molar-refractivity contribution >= 4 is 19.7 Å². The molecule has 10 heteroatoms. The van der Waals surface area contributed by atoms with Crippen molar-refractivity contribution in [2.45, 2.75) is 200 Å². The van der Waals surface area contributed by atoms with Gasteiger partial charge in [-0.2, -0.15) is 0 Å². The zero-order chi connectivity index (χ0) is 37.5. The van der Waals surface area contributed by atoms with Gasteiger partial charge in [0.15, 0.2) is 0 Å². The number of nitrogens with one attached hydrogen (secondary N) is 1. The van der Waals surface area contributed by atoms with E-state index in [1.807, 2.05) is 0 Å². The number of amides is 1. The second-order valence-electron chi connectivity index (χ2n) is 14.0. The SMILES string of the molecule is CCCCCCC/C=C\CCCCCCCC(=O)OCC(O)COP(=O)(O)OCCNC(=O)CCCCCCC/C=C\CCCCCCCCC. The predicted molar refractivity (Wildman–Crippen MR) is 211 cm³/mol. The molecule has 0 aromatic heterocycles. The monoisotopic (exact) mass is 744 g/mol. The number of carbonyl (C=O) groups excluding carboxylic acids is 2. The smallest absolute Gasteiger partial charge is 0.463 e. The highest BCUT2D eigenvalue weighted by atomic mass is 31.2. The number of rotatable bonds is 39. The molecule has 0 saturated heterocycles. The van der Waals surface area contributed by atoms with Crippen molar-refractivity contribution in [1.82, 2.24) is 5.32 Å². The Morgan fingerprint density at radius 1 is 0.588 bits per heavy atom. The van der Waals surface area contributed by atoms with E-state index in [1.165, 1.54) is 96.3 Å². The first kappa shape index (κ1) is 49.5. The van der Waals surface area contributed by atoms with Gasteiger partial charge in [-0.1, -0.05) is 141 Å². The van der Waals surface area contributed by atoms with Gasteiger partial charge < -0.3 is 20.1 Å². The third kappa shape index (κ3) is 39.5. The third-order valence-corrected chi connectivity index (χ3v) is 9.84. The van der Waals surface area contributed by atoms with Crippen LogP contribution in [0.25, 0.3) is 0 Å². The van der Waals surface area contributed by atoms with Crippen molar-refractivity contribution in [3.8, 4) is 0 Å². The molecule has 0 fully saturated rings. The molecule has 1 amide bonds. The molecule has 2 atom stereocenters. The van der Waals surface area contributed by atoms with Gasteiger partial charge in [-0.05, 0) is 64.2 Å². The van der Waals surface area contributed by atoms with Crippen LogP contribution in [0.2, 0.25) is 0 Å². The number of carbonyl (C=O) groups is 2. The first-order valence-electron chi connectivity index (χ1n) is 20.8. The first-order valence-corrected chi connectivity index (χ1v) is 22.3. The van der Waals surface area contributed by atoms with Crippen LogP contribution in [0.15, 0.2) is 24.3 Å². The lowest BCUT2D eigenvalue weighted by molar-refractivity contribution is -0.147. The number of aliphatic hydroxyl groups is 1. The molecule has 0 bridgehead atoms. The molecule has 0 saturated carbocycles. The molecule has 0 radical (unpaired) electrons. The van der Waals surface area contributed by atoms with E-state index in [1.54, 1.807) is 0 Å². The molecule has 0 aliphatic heterocycles. The predicted octanol–water partition coefficient (Wildman–Crippen LogP) is 11.2. The highest BCUT2D eigenvalue weighted by molar-refractivity contribution is 7.47. The van der Waals surface area contributed by atoms with Crippen LogP contribution in [0.5, 0.6) is 0 Å². The minimum atomic E-state index is -4.41. The lowest BCUT2D eigenvalue weighted by Crippen LogP contribution is -2.27. The third-order valence-electron chi connectivity index (χ3n) is 8.85. The number of hydrogen-bond donors (Lipinski definition) is 3. The second-order valence-corrected chi connectivity index (χ2v) is 15.4. The van der Waals surface area contributed by atoms with E-state index in [-0.39, 0.29) is 32.1 Å². The Morgan fingerprint density at radius 2 is 1.00 bits per heavy atom. The molecule has 0 spiro atoms. The molecule has 300 valence electrons. The molecule has 2 unspecified atom stereocenters. The molecule has 0 aliphatic carbocycles. The van der Waals surface area contributed by atoms with Crippen LogP contribution >= 0.6 is 7.82 Å². The summed E-state index contributed by atoms with van der Waals surface area (Å²) in [6.45, 7) is 3.53. The Labute approximate surface area is 312 Å². The average Bonchev–Trinajstić information content (AvgIpc) is 3.11. The van der Waals surface area contributed by atoms with Crippen LogP contribution in [0.1, 0.15) is 194 Å². The van der Waals surface area contributed by atoms with Gasteiger partial charge in [-0.25, -0.2) is 4.57 Å². The molecule has 0 aromatic carbocycles. The lowest BCUT2D eigenvalue weighted by atomic mass is 10.1. The van der Waals surface area contributed by atoms with Gasteiger partial charge in [-0.3, -0.25) is 18.6 Å². The summed E-state index contributed by atoms with van der Waals surface area (Å²) >= 11 is 0. The molecule has 3 N–H and O–H groups in total. The standard InChI is InChI=1S/C41H78NO8P/c1-3-5-7-9-11-13-15-17-19-20-21-23-25-27-29-31-33-40(44)42-35-36-49-51(46,47)50-38-39(43)37-48-41(45)34-32-30-28-26-24-22-18-16-14-12-10-8-6-4-2/h16,18-20,39,43H,3-15,17,21-38H2,1-2H3,(H,42,44)(H,46,47)/b18-16-,20-19-. The highest BCUT2D eigenvalue weighted by Crippen LogP contribution is 2.42. The van der Waals surface area contributed by atoms with Gasteiger partial charge in [0.1, 0.15) is 12.7 Å². The van der Waals surface area contributed by atoms with E-state index in [0.717, 1.165) is 70.6 Å². The summed E-state index contributed by atoms with van der Waals surface area (Å²) in [5, 5.41) is 12.7. The van der Waals surface area contributed by atoms with Gasteiger partial charge in [0.05, 0.1) is 13.2 Å². The number of phosphoric ester groups is 1. The quantitative estimate of drug-likeness (QED) is 0.0245. The van der Waals surface area contributed by atoms with E-state index >= 15 is 0 Å². The lowest BCUT2D eigenvalue weighted by Gasteiger charge is -2.15. The van der Waals surface area contributed by atoms with Gasteiger partial charge in [0, 0.05) is 19.4 Å². The summed E-state index contributed by atoms with van der Waals surface area (Å²) in [6, 6.07) is 0. The minimum Gasteiger partial charge on any atom is -0.463 e. The zero-order valence-electron chi connectivity index (χ0n) is 32.8. The number of esters is 1. The van der Waals surface area contributed by atoms with Crippen molar-refractivity contribution in [2.75, 3.05) is 26.4 Å². The van der Waals surface area contributed by atoms with E-state index in [2.05, 4.69) is 43.5 Å². The summed E-state index contributed by atoms with van der Waals surface area (Å²) in [4.78, 5) is 33.8. The molecule has 0 heterocycles.